The summed E-state index contributed by atoms with van der Waals surface area (Å²) in [6.07, 6.45) is 10.2. The first-order valence-electron chi connectivity index (χ1n) is 7.56. The van der Waals surface area contributed by atoms with Gasteiger partial charge in [-0.15, -0.1) is 6.58 Å². The number of hydrogen-bond donors (Lipinski definition) is 0. The topological polar surface area (TPSA) is 51.2 Å². The molecule has 0 aromatic heterocycles. The van der Waals surface area contributed by atoms with E-state index in [1.807, 2.05) is 25.1 Å². The fourth-order valence-electron chi connectivity index (χ4n) is 0.971. The number of hydrogen-bond acceptors (Lipinski definition) is 3. The summed E-state index contributed by atoms with van der Waals surface area (Å²) in [5, 5.41) is 0. The maximum absolute atomic E-state index is 10.3. The highest BCUT2D eigenvalue weighted by atomic mass is 16.1. The molecular formula is C20H26O3. The van der Waals surface area contributed by atoms with E-state index in [9.17, 15) is 14.4 Å². The summed E-state index contributed by atoms with van der Waals surface area (Å²) in [5.41, 5.74) is 0.729. The number of aldehydes is 1. The van der Waals surface area contributed by atoms with E-state index >= 15 is 0 Å². The van der Waals surface area contributed by atoms with Crippen LogP contribution in [0.1, 0.15) is 44.0 Å². The first kappa shape index (κ1) is 22.7. The van der Waals surface area contributed by atoms with E-state index in [0.717, 1.165) is 11.8 Å². The van der Waals surface area contributed by atoms with Crippen LogP contribution in [0.3, 0.4) is 0 Å². The summed E-state index contributed by atoms with van der Waals surface area (Å²) >= 11 is 0. The lowest BCUT2D eigenvalue weighted by Gasteiger charge is -1.87. The summed E-state index contributed by atoms with van der Waals surface area (Å²) in [7, 11) is 0. The Morgan fingerprint density at radius 2 is 1.22 bits per heavy atom. The molecule has 0 bridgehead atoms. The van der Waals surface area contributed by atoms with Crippen molar-refractivity contribution < 1.29 is 14.4 Å². The molecule has 0 unspecified atom stereocenters. The molecule has 1 aromatic carbocycles. The molecule has 1 aliphatic rings. The van der Waals surface area contributed by atoms with Crippen molar-refractivity contribution in [2.24, 2.45) is 0 Å². The maximum Gasteiger partial charge on any atom is 0.178 e. The molecule has 1 aliphatic carbocycles. The smallest absolute Gasteiger partial charge is 0.178 e. The quantitative estimate of drug-likeness (QED) is 0.450. The standard InChI is InChI=1S/C7H6O.C6H4O2.C4H10.C3H6/c8-6-7-4-2-1-3-5-7;7-5-1-2-6(8)4-3-5;1-3-4-2;1-3-2/h1-6H;1-4H;3-4H2,1-2H3;3H,1H2,2H3. The van der Waals surface area contributed by atoms with Crippen LogP contribution in [0.5, 0.6) is 0 Å². The molecule has 0 aliphatic heterocycles. The third kappa shape index (κ3) is 17.4. The molecule has 124 valence electrons. The Bertz CT molecular complexity index is 471. The average Bonchev–Trinajstić information content (AvgIpc) is 2.60. The van der Waals surface area contributed by atoms with Crippen LogP contribution in [-0.2, 0) is 9.59 Å². The Hall–Kier alpha value is -2.55. The van der Waals surface area contributed by atoms with Gasteiger partial charge in [0.05, 0.1) is 0 Å². The lowest BCUT2D eigenvalue weighted by Crippen LogP contribution is -1.97. The lowest BCUT2D eigenvalue weighted by molar-refractivity contribution is -0.113. The SMILES string of the molecule is C=CC.CCCC.O=C1C=CC(=O)C=C1.O=Cc1ccccc1. The van der Waals surface area contributed by atoms with Gasteiger partial charge in [-0.25, -0.2) is 0 Å². The number of rotatable bonds is 2. The Morgan fingerprint density at radius 1 is 0.870 bits per heavy atom. The summed E-state index contributed by atoms with van der Waals surface area (Å²) in [4.78, 5) is 30.6. The second-order valence-corrected chi connectivity index (χ2v) is 4.41. The first-order valence-corrected chi connectivity index (χ1v) is 7.56. The number of carbonyl (C=O) groups is 3. The highest BCUT2D eigenvalue weighted by Gasteiger charge is 1.97. The van der Waals surface area contributed by atoms with Crippen molar-refractivity contribution in [1.29, 1.82) is 0 Å². The highest BCUT2D eigenvalue weighted by Crippen LogP contribution is 1.91. The Labute approximate surface area is 139 Å². The normalized spacial score (nSPS) is 10.9. The van der Waals surface area contributed by atoms with E-state index < -0.39 is 0 Å². The van der Waals surface area contributed by atoms with Gasteiger partial charge >= 0.3 is 0 Å². The maximum atomic E-state index is 10.3. The van der Waals surface area contributed by atoms with Crippen LogP contribution in [0.2, 0.25) is 0 Å². The predicted molar refractivity (Wildman–Crippen MR) is 96.6 cm³/mol. The zero-order chi connectivity index (χ0) is 17.9. The number of allylic oxidation sites excluding steroid dienone is 5. The summed E-state index contributed by atoms with van der Waals surface area (Å²) in [5.74, 6) is -0.241. The molecule has 3 heteroatoms. The fourth-order valence-corrected chi connectivity index (χ4v) is 0.971. The van der Waals surface area contributed by atoms with Gasteiger partial charge in [0.1, 0.15) is 6.29 Å². The predicted octanol–water partition coefficient (Wildman–Crippen LogP) is 4.75. The van der Waals surface area contributed by atoms with Crippen LogP contribution >= 0.6 is 0 Å². The van der Waals surface area contributed by atoms with Crippen molar-refractivity contribution in [3.05, 3.63) is 72.9 Å². The van der Waals surface area contributed by atoms with Crippen LogP contribution in [0, 0.1) is 0 Å². The molecule has 0 saturated carbocycles. The van der Waals surface area contributed by atoms with Crippen LogP contribution in [-0.4, -0.2) is 17.9 Å². The minimum atomic E-state index is -0.121. The first-order chi connectivity index (χ1) is 11.0. The molecule has 0 fully saturated rings. The average molecular weight is 314 g/mol. The van der Waals surface area contributed by atoms with Crippen molar-refractivity contribution in [2.75, 3.05) is 0 Å². The van der Waals surface area contributed by atoms with Gasteiger partial charge in [0.15, 0.2) is 11.6 Å². The molecule has 23 heavy (non-hydrogen) atoms. The number of carbonyl (C=O) groups excluding carboxylic acids is 3. The second-order valence-electron chi connectivity index (χ2n) is 4.41. The number of unbranched alkanes of at least 4 members (excludes halogenated alkanes) is 1. The Balaban J connectivity index is 0. The molecule has 1 aromatic rings. The van der Waals surface area contributed by atoms with E-state index in [0.29, 0.717) is 0 Å². The fraction of sp³-hybridized carbons (Fsp3) is 0.250. The van der Waals surface area contributed by atoms with Gasteiger partial charge in [0.2, 0.25) is 0 Å². The van der Waals surface area contributed by atoms with Crippen LogP contribution in [0.15, 0.2) is 67.3 Å². The zero-order valence-electron chi connectivity index (χ0n) is 14.2. The minimum absolute atomic E-state index is 0.121. The molecule has 0 heterocycles. The van der Waals surface area contributed by atoms with Crippen molar-refractivity contribution in [1.82, 2.24) is 0 Å². The summed E-state index contributed by atoms with van der Waals surface area (Å²) in [6.45, 7) is 9.61. The summed E-state index contributed by atoms with van der Waals surface area (Å²) in [6, 6.07) is 9.10. The van der Waals surface area contributed by atoms with E-state index in [-0.39, 0.29) is 11.6 Å². The van der Waals surface area contributed by atoms with Gasteiger partial charge in [-0.3, -0.25) is 14.4 Å². The zero-order valence-corrected chi connectivity index (χ0v) is 14.2. The van der Waals surface area contributed by atoms with Crippen molar-refractivity contribution in [3.8, 4) is 0 Å². The van der Waals surface area contributed by atoms with Gasteiger partial charge in [0.25, 0.3) is 0 Å². The van der Waals surface area contributed by atoms with Gasteiger partial charge in [-0.05, 0) is 31.2 Å². The Morgan fingerprint density at radius 3 is 1.43 bits per heavy atom. The second kappa shape index (κ2) is 17.5. The van der Waals surface area contributed by atoms with Crippen LogP contribution in [0.25, 0.3) is 0 Å². The van der Waals surface area contributed by atoms with Crippen LogP contribution < -0.4 is 0 Å². The van der Waals surface area contributed by atoms with Crippen molar-refractivity contribution >= 4 is 17.9 Å². The Kier molecular flexibility index (Phi) is 17.3. The number of benzene rings is 1. The molecule has 0 atom stereocenters. The van der Waals surface area contributed by atoms with E-state index in [1.165, 1.54) is 37.1 Å². The third-order valence-corrected chi connectivity index (χ3v) is 2.26. The minimum Gasteiger partial charge on any atom is -0.298 e. The van der Waals surface area contributed by atoms with Gasteiger partial charge < -0.3 is 0 Å². The molecule has 0 amide bonds. The molecule has 0 N–H and O–H groups in total. The van der Waals surface area contributed by atoms with Crippen molar-refractivity contribution in [2.45, 2.75) is 33.6 Å². The molecule has 3 nitrogen and oxygen atoms in total. The van der Waals surface area contributed by atoms with Gasteiger partial charge in [-0.2, -0.15) is 0 Å². The highest BCUT2D eigenvalue weighted by molar-refractivity contribution is 6.14. The summed E-state index contributed by atoms with van der Waals surface area (Å²) < 4.78 is 0. The molecule has 0 saturated heterocycles. The monoisotopic (exact) mass is 314 g/mol. The van der Waals surface area contributed by atoms with Crippen LogP contribution in [0.4, 0.5) is 0 Å². The molecule has 0 radical (unpaired) electrons. The van der Waals surface area contributed by atoms with Crippen molar-refractivity contribution in [3.63, 3.8) is 0 Å². The van der Waals surface area contributed by atoms with Gasteiger partial charge in [-0.1, -0.05) is 63.1 Å². The van der Waals surface area contributed by atoms with E-state index in [1.54, 1.807) is 18.2 Å². The van der Waals surface area contributed by atoms with E-state index in [4.69, 9.17) is 0 Å². The molecular weight excluding hydrogens is 288 g/mol. The lowest BCUT2D eigenvalue weighted by atomic mass is 10.2. The van der Waals surface area contributed by atoms with E-state index in [2.05, 4.69) is 20.4 Å². The third-order valence-electron chi connectivity index (χ3n) is 2.26. The molecule has 2 rings (SSSR count). The van der Waals surface area contributed by atoms with Gasteiger partial charge in [0, 0.05) is 5.56 Å². The molecule has 0 spiro atoms. The largest absolute Gasteiger partial charge is 0.298 e. The number of ketones is 2.